The molecular weight excluding hydrogens is 290 g/mol. The van der Waals surface area contributed by atoms with Crippen LogP contribution in [0.5, 0.6) is 0 Å². The lowest BCUT2D eigenvalue weighted by Crippen LogP contribution is -2.47. The number of H-pyrrole nitrogens is 1. The monoisotopic (exact) mass is 303 g/mol. The third kappa shape index (κ3) is 2.28. The molecule has 8 heteroatoms. The maximum atomic E-state index is 12.2. The highest BCUT2D eigenvalue weighted by molar-refractivity contribution is 5.89. The minimum absolute atomic E-state index is 0.286. The predicted molar refractivity (Wildman–Crippen MR) is 76.6 cm³/mol. The second-order valence-electron chi connectivity index (χ2n) is 5.30. The number of aromatic amines is 1. The van der Waals surface area contributed by atoms with Gasteiger partial charge < -0.3 is 15.4 Å². The molecule has 0 atom stereocenters. The van der Waals surface area contributed by atoms with Crippen LogP contribution in [0, 0.1) is 0 Å². The molecule has 0 bridgehead atoms. The van der Waals surface area contributed by atoms with Gasteiger partial charge in [-0.15, -0.1) is 0 Å². The van der Waals surface area contributed by atoms with Crippen LogP contribution in [0.3, 0.4) is 0 Å². The summed E-state index contributed by atoms with van der Waals surface area (Å²) in [6.45, 7) is -0.520. The summed E-state index contributed by atoms with van der Waals surface area (Å²) >= 11 is 0. The molecule has 1 heterocycles. The first kappa shape index (κ1) is 14.1. The van der Waals surface area contributed by atoms with Crippen LogP contribution in [0.2, 0.25) is 0 Å². The largest absolute Gasteiger partial charge is 0.480 e. The Labute approximate surface area is 123 Å². The number of hydrogen-bond donors (Lipinski definition) is 3. The number of nitrogens with zero attached hydrogens (tertiary/aromatic N) is 1. The number of carboxylic acid groups (broad SMARTS) is 1. The van der Waals surface area contributed by atoms with Crippen molar-refractivity contribution >= 4 is 22.8 Å². The van der Waals surface area contributed by atoms with Gasteiger partial charge in [-0.05, 0) is 25.0 Å². The summed E-state index contributed by atoms with van der Waals surface area (Å²) in [7, 11) is 0. The average molecular weight is 303 g/mol. The molecule has 1 saturated carbocycles. The number of benzene rings is 1. The molecule has 1 amide bonds. The Balaban J connectivity index is 1.91. The van der Waals surface area contributed by atoms with Crippen LogP contribution in [0.25, 0.3) is 10.9 Å². The number of carbonyl (C=O) groups is 2. The zero-order valence-corrected chi connectivity index (χ0v) is 11.5. The first-order valence-electron chi connectivity index (χ1n) is 6.69. The molecule has 1 aliphatic carbocycles. The number of rotatable bonds is 4. The van der Waals surface area contributed by atoms with E-state index in [0.29, 0.717) is 18.4 Å². The molecule has 114 valence electrons. The Morgan fingerprint density at radius 2 is 1.95 bits per heavy atom. The number of carboxylic acids is 1. The minimum atomic E-state index is -1.25. The van der Waals surface area contributed by atoms with Crippen LogP contribution < -0.4 is 16.6 Å². The van der Waals surface area contributed by atoms with Crippen molar-refractivity contribution in [2.45, 2.75) is 24.9 Å². The fourth-order valence-electron chi connectivity index (χ4n) is 2.31. The lowest BCUT2D eigenvalue weighted by molar-refractivity contribution is -0.143. The van der Waals surface area contributed by atoms with Gasteiger partial charge >= 0.3 is 11.7 Å². The van der Waals surface area contributed by atoms with Crippen LogP contribution in [0.15, 0.2) is 33.9 Å². The molecule has 1 fully saturated rings. The highest BCUT2D eigenvalue weighted by atomic mass is 16.4. The topological polar surface area (TPSA) is 121 Å². The van der Waals surface area contributed by atoms with E-state index in [2.05, 4.69) is 10.3 Å². The Morgan fingerprint density at radius 1 is 1.27 bits per heavy atom. The Kier molecular flexibility index (Phi) is 3.09. The van der Waals surface area contributed by atoms with Gasteiger partial charge in [-0.25, -0.2) is 9.59 Å². The number of aliphatic carboxylic acids is 1. The summed E-state index contributed by atoms with van der Waals surface area (Å²) in [4.78, 5) is 49.6. The van der Waals surface area contributed by atoms with Gasteiger partial charge in [0, 0.05) is 0 Å². The standard InChI is InChI=1S/C14H13N3O5/c18-10(16-14(5-6-14)12(20)21)7-17-11(19)8-3-1-2-4-9(8)15-13(17)22/h1-4H,5-7H2,(H,15,22)(H,16,18)(H,20,21). The van der Waals surface area contributed by atoms with Gasteiger partial charge in [0.25, 0.3) is 5.56 Å². The van der Waals surface area contributed by atoms with E-state index >= 15 is 0 Å². The molecule has 0 unspecified atom stereocenters. The van der Waals surface area contributed by atoms with Crippen LogP contribution in [-0.4, -0.2) is 32.1 Å². The van der Waals surface area contributed by atoms with E-state index in [1.54, 1.807) is 24.3 Å². The number of amides is 1. The quantitative estimate of drug-likeness (QED) is 0.698. The molecule has 1 aliphatic rings. The van der Waals surface area contributed by atoms with E-state index in [1.807, 2.05) is 0 Å². The van der Waals surface area contributed by atoms with Crippen molar-refractivity contribution in [2.75, 3.05) is 0 Å². The maximum Gasteiger partial charge on any atom is 0.329 e. The van der Waals surface area contributed by atoms with Crippen molar-refractivity contribution in [1.29, 1.82) is 0 Å². The van der Waals surface area contributed by atoms with Gasteiger partial charge in [-0.1, -0.05) is 12.1 Å². The van der Waals surface area contributed by atoms with Crippen molar-refractivity contribution in [1.82, 2.24) is 14.9 Å². The summed E-state index contributed by atoms with van der Waals surface area (Å²) in [5.74, 6) is -1.79. The normalized spacial score (nSPS) is 15.5. The van der Waals surface area contributed by atoms with E-state index < -0.39 is 35.2 Å². The number of fused-ring (bicyclic) bond motifs is 1. The van der Waals surface area contributed by atoms with Crippen molar-refractivity contribution in [3.63, 3.8) is 0 Å². The van der Waals surface area contributed by atoms with Crippen molar-refractivity contribution in [2.24, 2.45) is 0 Å². The van der Waals surface area contributed by atoms with E-state index in [4.69, 9.17) is 5.11 Å². The number of aromatic nitrogens is 2. The first-order chi connectivity index (χ1) is 10.4. The summed E-state index contributed by atoms with van der Waals surface area (Å²) in [6, 6.07) is 6.46. The van der Waals surface area contributed by atoms with Crippen LogP contribution in [0.4, 0.5) is 0 Å². The van der Waals surface area contributed by atoms with E-state index in [-0.39, 0.29) is 5.39 Å². The van der Waals surface area contributed by atoms with Gasteiger partial charge in [0.15, 0.2) is 0 Å². The highest BCUT2D eigenvalue weighted by Crippen LogP contribution is 2.35. The highest BCUT2D eigenvalue weighted by Gasteiger charge is 2.51. The summed E-state index contributed by atoms with van der Waals surface area (Å²) in [6.07, 6.45) is 0.689. The summed E-state index contributed by atoms with van der Waals surface area (Å²) in [5.41, 5.74) is -2.16. The van der Waals surface area contributed by atoms with Crippen LogP contribution >= 0.6 is 0 Å². The molecule has 8 nitrogen and oxygen atoms in total. The number of carbonyl (C=O) groups excluding carboxylic acids is 1. The molecule has 0 saturated heterocycles. The Hall–Kier alpha value is -2.90. The number of hydrogen-bond acceptors (Lipinski definition) is 4. The Morgan fingerprint density at radius 3 is 2.59 bits per heavy atom. The molecule has 2 aromatic rings. The zero-order chi connectivity index (χ0) is 15.9. The molecule has 3 N–H and O–H groups in total. The van der Waals surface area contributed by atoms with E-state index in [1.165, 1.54) is 0 Å². The van der Waals surface area contributed by atoms with Crippen molar-refractivity contribution < 1.29 is 14.7 Å². The zero-order valence-electron chi connectivity index (χ0n) is 11.5. The predicted octanol–water partition coefficient (Wildman–Crippen LogP) is -0.577. The van der Waals surface area contributed by atoms with Gasteiger partial charge in [-0.3, -0.25) is 14.2 Å². The van der Waals surface area contributed by atoms with E-state index in [9.17, 15) is 19.2 Å². The van der Waals surface area contributed by atoms with Gasteiger partial charge in [0.05, 0.1) is 10.9 Å². The maximum absolute atomic E-state index is 12.2. The molecule has 0 spiro atoms. The second-order valence-corrected chi connectivity index (χ2v) is 5.30. The molecule has 3 rings (SSSR count). The third-order valence-electron chi connectivity index (χ3n) is 3.73. The molecule has 0 aliphatic heterocycles. The molecule has 1 aromatic carbocycles. The average Bonchev–Trinajstić information content (AvgIpc) is 3.24. The lowest BCUT2D eigenvalue weighted by atomic mass is 10.2. The fourth-order valence-corrected chi connectivity index (χ4v) is 2.31. The smallest absolute Gasteiger partial charge is 0.329 e. The van der Waals surface area contributed by atoms with Gasteiger partial charge in [-0.2, -0.15) is 0 Å². The molecule has 1 aromatic heterocycles. The summed E-state index contributed by atoms with van der Waals surface area (Å²) in [5, 5.41) is 11.7. The second kappa shape index (κ2) is 4.83. The van der Waals surface area contributed by atoms with Crippen molar-refractivity contribution in [3.8, 4) is 0 Å². The van der Waals surface area contributed by atoms with Gasteiger partial charge in [0.2, 0.25) is 5.91 Å². The fraction of sp³-hybridized carbons (Fsp3) is 0.286. The molecule has 22 heavy (non-hydrogen) atoms. The van der Waals surface area contributed by atoms with Crippen LogP contribution in [0.1, 0.15) is 12.8 Å². The Bertz CT molecular complexity index is 891. The van der Waals surface area contributed by atoms with Crippen LogP contribution in [-0.2, 0) is 16.1 Å². The molecule has 0 radical (unpaired) electrons. The van der Waals surface area contributed by atoms with Gasteiger partial charge in [0.1, 0.15) is 12.1 Å². The number of para-hydroxylation sites is 1. The third-order valence-corrected chi connectivity index (χ3v) is 3.73. The minimum Gasteiger partial charge on any atom is -0.480 e. The molecular formula is C14H13N3O5. The SMILES string of the molecule is O=C(Cn1c(=O)[nH]c2ccccc2c1=O)NC1(C(=O)O)CC1. The number of nitrogens with one attached hydrogen (secondary N) is 2. The first-order valence-corrected chi connectivity index (χ1v) is 6.69. The lowest BCUT2D eigenvalue weighted by Gasteiger charge is -2.13. The summed E-state index contributed by atoms with van der Waals surface area (Å²) < 4.78 is 0.760. The van der Waals surface area contributed by atoms with Crippen molar-refractivity contribution in [3.05, 3.63) is 45.1 Å². The van der Waals surface area contributed by atoms with E-state index in [0.717, 1.165) is 4.57 Å².